The number of carbonyl (C=O) groups is 1. The van der Waals surface area contributed by atoms with Gasteiger partial charge in [0.2, 0.25) is 0 Å². The summed E-state index contributed by atoms with van der Waals surface area (Å²) in [7, 11) is 0. The van der Waals surface area contributed by atoms with Crippen LogP contribution in [0.1, 0.15) is 49.3 Å². The molecule has 20 heavy (non-hydrogen) atoms. The number of halogens is 1. The highest BCUT2D eigenvalue weighted by Gasteiger charge is 2.35. The normalized spacial score (nSPS) is 26.4. The molecule has 0 saturated carbocycles. The maximum atomic E-state index is 13.8. The Morgan fingerprint density at radius 3 is 3.00 bits per heavy atom. The lowest BCUT2D eigenvalue weighted by molar-refractivity contribution is -0.139. The van der Waals surface area contributed by atoms with E-state index in [1.54, 1.807) is 6.07 Å². The monoisotopic (exact) mass is 277 g/mol. The molecule has 1 saturated heterocycles. The Bertz CT molecular complexity index is 517. The molecule has 0 spiro atoms. The van der Waals surface area contributed by atoms with E-state index in [1.807, 2.05) is 6.07 Å². The van der Waals surface area contributed by atoms with Crippen LogP contribution in [0.5, 0.6) is 0 Å². The minimum atomic E-state index is -0.737. The maximum absolute atomic E-state index is 13.8. The first-order valence-corrected chi connectivity index (χ1v) is 7.41. The summed E-state index contributed by atoms with van der Waals surface area (Å²) in [4.78, 5) is 13.3. The summed E-state index contributed by atoms with van der Waals surface area (Å²) in [6.07, 6.45) is 5.01. The molecule has 1 aliphatic carbocycles. The van der Waals surface area contributed by atoms with Gasteiger partial charge in [-0.25, -0.2) is 4.39 Å². The smallest absolute Gasteiger partial charge is 0.304 e. The van der Waals surface area contributed by atoms with Crippen molar-refractivity contribution in [1.82, 2.24) is 4.90 Å². The molecule has 1 aliphatic heterocycles. The zero-order valence-electron chi connectivity index (χ0n) is 11.5. The lowest BCUT2D eigenvalue weighted by atomic mass is 9.95. The molecule has 2 atom stereocenters. The summed E-state index contributed by atoms with van der Waals surface area (Å²) in [6, 6.07) is 5.59. The van der Waals surface area contributed by atoms with Gasteiger partial charge in [-0.1, -0.05) is 18.6 Å². The first-order valence-electron chi connectivity index (χ1n) is 7.41. The van der Waals surface area contributed by atoms with Gasteiger partial charge in [0, 0.05) is 12.1 Å². The van der Waals surface area contributed by atoms with Crippen molar-refractivity contribution in [3.05, 3.63) is 35.1 Å². The lowest BCUT2D eigenvalue weighted by Gasteiger charge is -2.39. The minimum absolute atomic E-state index is 0.0977. The van der Waals surface area contributed by atoms with E-state index in [2.05, 4.69) is 4.90 Å². The Morgan fingerprint density at radius 1 is 1.35 bits per heavy atom. The van der Waals surface area contributed by atoms with E-state index in [0.29, 0.717) is 0 Å². The number of rotatable bonds is 3. The van der Waals surface area contributed by atoms with Crippen LogP contribution in [0.2, 0.25) is 0 Å². The molecule has 0 bridgehead atoms. The molecule has 2 aliphatic rings. The van der Waals surface area contributed by atoms with Crippen LogP contribution < -0.4 is 0 Å². The molecule has 2 unspecified atom stereocenters. The second kappa shape index (κ2) is 5.52. The second-order valence-corrected chi connectivity index (χ2v) is 5.85. The Balaban J connectivity index is 1.85. The molecule has 1 heterocycles. The van der Waals surface area contributed by atoms with Gasteiger partial charge in [-0.2, -0.15) is 0 Å². The van der Waals surface area contributed by atoms with Crippen LogP contribution in [-0.4, -0.2) is 28.6 Å². The van der Waals surface area contributed by atoms with Crippen molar-refractivity contribution in [3.8, 4) is 0 Å². The average Bonchev–Trinajstić information content (AvgIpc) is 2.84. The fourth-order valence-electron chi connectivity index (χ4n) is 3.79. The van der Waals surface area contributed by atoms with Gasteiger partial charge in [-0.15, -0.1) is 0 Å². The van der Waals surface area contributed by atoms with E-state index >= 15 is 0 Å². The molecule has 1 fully saturated rings. The van der Waals surface area contributed by atoms with Gasteiger partial charge in [-0.3, -0.25) is 9.69 Å². The summed E-state index contributed by atoms with van der Waals surface area (Å²) in [5, 5.41) is 9.08. The summed E-state index contributed by atoms with van der Waals surface area (Å²) in [5.41, 5.74) is 1.90. The number of aliphatic carboxylic acids is 1. The van der Waals surface area contributed by atoms with Crippen LogP contribution in [0.4, 0.5) is 4.39 Å². The molecule has 3 rings (SSSR count). The van der Waals surface area contributed by atoms with Gasteiger partial charge in [0.25, 0.3) is 0 Å². The van der Waals surface area contributed by atoms with Gasteiger partial charge in [0.15, 0.2) is 0 Å². The molecule has 0 amide bonds. The van der Waals surface area contributed by atoms with Gasteiger partial charge >= 0.3 is 5.97 Å². The number of benzene rings is 1. The number of hydrogen-bond acceptors (Lipinski definition) is 2. The van der Waals surface area contributed by atoms with Crippen molar-refractivity contribution in [2.24, 2.45) is 0 Å². The van der Waals surface area contributed by atoms with Crippen molar-refractivity contribution in [2.75, 3.05) is 6.54 Å². The highest BCUT2D eigenvalue weighted by molar-refractivity contribution is 5.67. The van der Waals surface area contributed by atoms with E-state index < -0.39 is 5.97 Å². The Kier molecular flexibility index (Phi) is 3.74. The Hall–Kier alpha value is -1.42. The number of likely N-dealkylation sites (tertiary alicyclic amines) is 1. The van der Waals surface area contributed by atoms with Crippen LogP contribution in [0.15, 0.2) is 18.2 Å². The molecule has 0 aromatic heterocycles. The Labute approximate surface area is 118 Å². The summed E-state index contributed by atoms with van der Waals surface area (Å²) in [5.74, 6) is -0.851. The SMILES string of the molecule is O=C(O)CC1CCCCN1C1CCc2c(F)cccc21. The second-order valence-electron chi connectivity index (χ2n) is 5.85. The van der Waals surface area contributed by atoms with E-state index in [-0.39, 0.29) is 24.3 Å². The quantitative estimate of drug-likeness (QED) is 0.922. The molecule has 1 aromatic rings. The predicted octanol–water partition coefficient (Wildman–Crippen LogP) is 3.14. The van der Waals surface area contributed by atoms with E-state index in [4.69, 9.17) is 5.11 Å². The van der Waals surface area contributed by atoms with E-state index in [9.17, 15) is 9.18 Å². The van der Waals surface area contributed by atoms with Crippen molar-refractivity contribution in [3.63, 3.8) is 0 Å². The summed E-state index contributed by atoms with van der Waals surface area (Å²) in [6.45, 7) is 0.929. The first-order chi connectivity index (χ1) is 9.66. The zero-order chi connectivity index (χ0) is 14.1. The predicted molar refractivity (Wildman–Crippen MR) is 74.1 cm³/mol. The summed E-state index contributed by atoms with van der Waals surface area (Å²) >= 11 is 0. The van der Waals surface area contributed by atoms with Crippen molar-refractivity contribution < 1.29 is 14.3 Å². The van der Waals surface area contributed by atoms with E-state index in [1.165, 1.54) is 6.07 Å². The largest absolute Gasteiger partial charge is 0.481 e. The van der Waals surface area contributed by atoms with Crippen LogP contribution in [0, 0.1) is 5.82 Å². The third-order valence-electron chi connectivity index (χ3n) is 4.67. The number of hydrogen-bond donors (Lipinski definition) is 1. The first kappa shape index (κ1) is 13.6. The average molecular weight is 277 g/mol. The van der Waals surface area contributed by atoms with Crippen molar-refractivity contribution in [1.29, 1.82) is 0 Å². The molecular formula is C16H20FNO2. The standard InChI is InChI=1S/C16H20FNO2/c17-14-6-3-5-13-12(14)7-8-15(13)18-9-2-1-4-11(18)10-16(19)20/h3,5-6,11,15H,1-2,4,7-10H2,(H,19,20). The number of piperidine rings is 1. The third-order valence-corrected chi connectivity index (χ3v) is 4.67. The molecule has 0 radical (unpaired) electrons. The number of fused-ring (bicyclic) bond motifs is 1. The fraction of sp³-hybridized carbons (Fsp3) is 0.562. The minimum Gasteiger partial charge on any atom is -0.481 e. The van der Waals surface area contributed by atoms with Gasteiger partial charge in [-0.05, 0) is 49.4 Å². The molecule has 4 heteroatoms. The zero-order valence-corrected chi connectivity index (χ0v) is 11.5. The fourth-order valence-corrected chi connectivity index (χ4v) is 3.79. The van der Waals surface area contributed by atoms with Crippen molar-refractivity contribution >= 4 is 5.97 Å². The van der Waals surface area contributed by atoms with Crippen LogP contribution in [-0.2, 0) is 11.2 Å². The number of nitrogens with zero attached hydrogens (tertiary/aromatic N) is 1. The molecule has 1 aromatic carbocycles. The van der Waals surface area contributed by atoms with Crippen LogP contribution >= 0.6 is 0 Å². The highest BCUT2D eigenvalue weighted by atomic mass is 19.1. The third kappa shape index (κ3) is 2.44. The van der Waals surface area contributed by atoms with Crippen LogP contribution in [0.25, 0.3) is 0 Å². The molecule has 1 N–H and O–H groups in total. The highest BCUT2D eigenvalue weighted by Crippen LogP contribution is 2.40. The number of carboxylic acid groups (broad SMARTS) is 1. The van der Waals surface area contributed by atoms with Gasteiger partial charge < -0.3 is 5.11 Å². The molecule has 3 nitrogen and oxygen atoms in total. The molecule has 108 valence electrons. The van der Waals surface area contributed by atoms with E-state index in [0.717, 1.165) is 49.8 Å². The topological polar surface area (TPSA) is 40.5 Å². The maximum Gasteiger partial charge on any atom is 0.304 e. The molecular weight excluding hydrogens is 257 g/mol. The van der Waals surface area contributed by atoms with Crippen molar-refractivity contribution in [2.45, 2.75) is 50.6 Å². The number of carboxylic acids is 1. The van der Waals surface area contributed by atoms with Crippen LogP contribution in [0.3, 0.4) is 0 Å². The van der Waals surface area contributed by atoms with Gasteiger partial charge in [0.05, 0.1) is 6.42 Å². The Morgan fingerprint density at radius 2 is 2.20 bits per heavy atom. The van der Waals surface area contributed by atoms with Gasteiger partial charge in [0.1, 0.15) is 5.82 Å². The summed E-state index contributed by atoms with van der Waals surface area (Å²) < 4.78 is 13.8. The lowest BCUT2D eigenvalue weighted by Crippen LogP contribution is -2.42.